The zero-order valence-corrected chi connectivity index (χ0v) is 15.0. The molecule has 0 unspecified atom stereocenters. The van der Waals surface area contributed by atoms with E-state index in [0.29, 0.717) is 29.2 Å². The third-order valence-corrected chi connectivity index (χ3v) is 4.13. The lowest BCUT2D eigenvalue weighted by atomic mass is 10.2. The highest BCUT2D eigenvalue weighted by Gasteiger charge is 2.11. The van der Waals surface area contributed by atoms with Gasteiger partial charge in [0.25, 0.3) is 0 Å². The fourth-order valence-electron chi connectivity index (χ4n) is 2.43. The molecule has 2 aromatic carbocycles. The number of benzene rings is 2. The van der Waals surface area contributed by atoms with E-state index in [9.17, 15) is 4.79 Å². The summed E-state index contributed by atoms with van der Waals surface area (Å²) in [6.45, 7) is 2.48. The summed E-state index contributed by atoms with van der Waals surface area (Å²) >= 11 is 12.2. The Morgan fingerprint density at radius 3 is 2.64 bits per heavy atom. The van der Waals surface area contributed by atoms with E-state index in [1.807, 2.05) is 34.9 Å². The van der Waals surface area contributed by atoms with Gasteiger partial charge in [0.1, 0.15) is 5.75 Å². The van der Waals surface area contributed by atoms with Crippen LogP contribution >= 0.6 is 23.2 Å². The minimum absolute atomic E-state index is 0.140. The predicted octanol–water partition coefficient (Wildman–Crippen LogP) is 4.33. The van der Waals surface area contributed by atoms with Crippen LogP contribution in [-0.4, -0.2) is 28.7 Å². The van der Waals surface area contributed by atoms with Crippen molar-refractivity contribution in [3.8, 4) is 5.75 Å². The summed E-state index contributed by atoms with van der Waals surface area (Å²) in [5, 5.41) is 1.06. The number of esters is 1. The highest BCUT2D eigenvalue weighted by Crippen LogP contribution is 2.25. The minimum atomic E-state index is -0.407. The van der Waals surface area contributed by atoms with Crippen LogP contribution in [0.15, 0.2) is 42.5 Å². The van der Waals surface area contributed by atoms with Crippen molar-refractivity contribution >= 4 is 40.2 Å². The molecule has 0 radical (unpaired) electrons. The van der Waals surface area contributed by atoms with Crippen LogP contribution in [0.1, 0.15) is 12.5 Å². The molecule has 0 saturated heterocycles. The van der Waals surface area contributed by atoms with Gasteiger partial charge < -0.3 is 14.0 Å². The van der Waals surface area contributed by atoms with Crippen LogP contribution in [-0.2, 0) is 16.1 Å². The molecule has 1 heterocycles. The van der Waals surface area contributed by atoms with Gasteiger partial charge in [-0.15, -0.1) is 0 Å². The summed E-state index contributed by atoms with van der Waals surface area (Å²) in [6, 6.07) is 12.9. The number of fused-ring (bicyclic) bond motifs is 1. The van der Waals surface area contributed by atoms with E-state index < -0.39 is 5.97 Å². The van der Waals surface area contributed by atoms with Crippen LogP contribution in [0.5, 0.6) is 5.75 Å². The van der Waals surface area contributed by atoms with Gasteiger partial charge in [-0.3, -0.25) is 0 Å². The largest absolute Gasteiger partial charge is 0.482 e. The van der Waals surface area contributed by atoms with Gasteiger partial charge in [0, 0.05) is 11.1 Å². The highest BCUT2D eigenvalue weighted by molar-refractivity contribution is 6.30. The lowest BCUT2D eigenvalue weighted by molar-refractivity contribution is -0.145. The molecular weight excluding hydrogens is 363 g/mol. The highest BCUT2D eigenvalue weighted by atomic mass is 35.5. The fourth-order valence-corrected chi connectivity index (χ4v) is 2.80. The molecule has 0 amide bonds. The van der Waals surface area contributed by atoms with Crippen molar-refractivity contribution in [1.29, 1.82) is 0 Å². The summed E-state index contributed by atoms with van der Waals surface area (Å²) in [6.07, 6.45) is 0. The lowest BCUT2D eigenvalue weighted by Crippen LogP contribution is -2.14. The number of aromatic nitrogens is 2. The molecule has 3 rings (SSSR count). The van der Waals surface area contributed by atoms with E-state index in [0.717, 1.165) is 16.6 Å². The number of hydrogen-bond donors (Lipinski definition) is 0. The molecule has 0 N–H and O–H groups in total. The van der Waals surface area contributed by atoms with E-state index in [-0.39, 0.29) is 6.61 Å². The Kier molecular flexibility index (Phi) is 5.46. The first-order valence-corrected chi connectivity index (χ1v) is 8.51. The van der Waals surface area contributed by atoms with E-state index >= 15 is 0 Å². The average Bonchev–Trinajstić information content (AvgIpc) is 2.90. The molecule has 25 heavy (non-hydrogen) atoms. The van der Waals surface area contributed by atoms with Gasteiger partial charge in [0.05, 0.1) is 24.2 Å². The Morgan fingerprint density at radius 1 is 1.16 bits per heavy atom. The molecule has 0 fully saturated rings. The number of nitrogens with zero attached hydrogens (tertiary/aromatic N) is 2. The zero-order valence-electron chi connectivity index (χ0n) is 13.5. The maximum absolute atomic E-state index is 11.4. The Bertz CT molecular complexity index is 891. The van der Waals surface area contributed by atoms with Crippen LogP contribution in [0.2, 0.25) is 10.3 Å². The topological polar surface area (TPSA) is 53.4 Å². The molecule has 1 aromatic heterocycles. The van der Waals surface area contributed by atoms with Crippen molar-refractivity contribution in [1.82, 2.24) is 9.55 Å². The summed E-state index contributed by atoms with van der Waals surface area (Å²) in [5.74, 6) is 0.143. The summed E-state index contributed by atoms with van der Waals surface area (Å²) in [7, 11) is 0. The van der Waals surface area contributed by atoms with E-state index in [1.54, 1.807) is 19.1 Å². The molecule has 0 aliphatic carbocycles. The minimum Gasteiger partial charge on any atom is -0.482 e. The molecule has 5 nitrogen and oxygen atoms in total. The Labute approximate surface area is 155 Å². The third kappa shape index (κ3) is 4.24. The quantitative estimate of drug-likeness (QED) is 0.598. The van der Waals surface area contributed by atoms with Crippen LogP contribution in [0.3, 0.4) is 0 Å². The average molecular weight is 379 g/mol. The van der Waals surface area contributed by atoms with Gasteiger partial charge >= 0.3 is 5.97 Å². The number of hydrogen-bond acceptors (Lipinski definition) is 4. The summed E-state index contributed by atoms with van der Waals surface area (Å²) in [4.78, 5) is 15.8. The Hall–Kier alpha value is -2.24. The predicted molar refractivity (Wildman–Crippen MR) is 97.4 cm³/mol. The second-order valence-corrected chi connectivity index (χ2v) is 6.11. The number of ether oxygens (including phenoxy) is 2. The molecular formula is C18H16Cl2N2O3. The van der Waals surface area contributed by atoms with E-state index in [4.69, 9.17) is 32.7 Å². The van der Waals surface area contributed by atoms with Crippen molar-refractivity contribution < 1.29 is 14.3 Å². The van der Waals surface area contributed by atoms with Gasteiger partial charge in [0.15, 0.2) is 6.61 Å². The van der Waals surface area contributed by atoms with Gasteiger partial charge in [-0.25, -0.2) is 9.78 Å². The molecule has 0 aliphatic heterocycles. The maximum Gasteiger partial charge on any atom is 0.344 e. The van der Waals surface area contributed by atoms with Gasteiger partial charge in [0.2, 0.25) is 5.28 Å². The molecule has 0 atom stereocenters. The van der Waals surface area contributed by atoms with Crippen LogP contribution in [0.4, 0.5) is 0 Å². The third-order valence-electron chi connectivity index (χ3n) is 3.59. The van der Waals surface area contributed by atoms with Gasteiger partial charge in [-0.1, -0.05) is 23.7 Å². The zero-order chi connectivity index (χ0) is 17.8. The number of imidazole rings is 1. The molecule has 3 aromatic rings. The first kappa shape index (κ1) is 17.6. The molecule has 0 bridgehead atoms. The number of carbonyl (C=O) groups is 1. The molecule has 0 aliphatic rings. The van der Waals surface area contributed by atoms with Crippen molar-refractivity contribution in [3.63, 3.8) is 0 Å². The number of rotatable bonds is 6. The Balaban J connectivity index is 1.85. The molecule has 0 spiro atoms. The first-order chi connectivity index (χ1) is 12.1. The van der Waals surface area contributed by atoms with Crippen LogP contribution in [0.25, 0.3) is 11.0 Å². The second kappa shape index (κ2) is 7.76. The van der Waals surface area contributed by atoms with Crippen molar-refractivity contribution in [2.45, 2.75) is 13.5 Å². The molecule has 130 valence electrons. The van der Waals surface area contributed by atoms with Crippen LogP contribution in [0, 0.1) is 0 Å². The number of halogens is 2. The van der Waals surface area contributed by atoms with Gasteiger partial charge in [-0.2, -0.15) is 0 Å². The maximum atomic E-state index is 11.4. The monoisotopic (exact) mass is 378 g/mol. The first-order valence-electron chi connectivity index (χ1n) is 7.75. The van der Waals surface area contributed by atoms with Crippen molar-refractivity contribution in [2.24, 2.45) is 0 Å². The van der Waals surface area contributed by atoms with Crippen LogP contribution < -0.4 is 4.74 Å². The van der Waals surface area contributed by atoms with Crippen molar-refractivity contribution in [2.75, 3.05) is 13.2 Å². The van der Waals surface area contributed by atoms with E-state index in [2.05, 4.69) is 4.98 Å². The van der Waals surface area contributed by atoms with Crippen molar-refractivity contribution in [3.05, 3.63) is 58.3 Å². The number of carbonyl (C=O) groups excluding carboxylic acids is 1. The fraction of sp³-hybridized carbons (Fsp3) is 0.222. The summed E-state index contributed by atoms with van der Waals surface area (Å²) in [5.41, 5.74) is 2.62. The molecule has 0 saturated carbocycles. The SMILES string of the molecule is CCOC(=O)COc1ccc2nc(Cl)n(Cc3ccc(Cl)cc3)c2c1. The van der Waals surface area contributed by atoms with E-state index in [1.165, 1.54) is 0 Å². The molecule has 7 heteroatoms. The second-order valence-electron chi connectivity index (χ2n) is 5.34. The Morgan fingerprint density at radius 2 is 1.92 bits per heavy atom. The summed E-state index contributed by atoms with van der Waals surface area (Å²) < 4.78 is 12.2. The lowest BCUT2D eigenvalue weighted by Gasteiger charge is -2.08. The normalized spacial score (nSPS) is 10.8. The smallest absolute Gasteiger partial charge is 0.344 e. The standard InChI is InChI=1S/C18H16Cl2N2O3/c1-2-24-17(23)11-25-14-7-8-15-16(9-14)22(18(20)21-15)10-12-3-5-13(19)6-4-12/h3-9H,2,10-11H2,1H3. The van der Waals surface area contributed by atoms with Gasteiger partial charge in [-0.05, 0) is 48.4 Å².